The number of anilines is 2. The zero-order valence-electron chi connectivity index (χ0n) is 14.9. The Hall–Kier alpha value is -1.96. The number of hydrogen-bond acceptors (Lipinski definition) is 6. The molecule has 1 aromatic rings. The quantitative estimate of drug-likeness (QED) is 0.823. The fraction of sp³-hybridized carbons (Fsp3) is 0.722. The lowest BCUT2D eigenvalue weighted by molar-refractivity contribution is -0.139. The Morgan fingerprint density at radius 3 is 2.73 bits per heavy atom. The van der Waals surface area contributed by atoms with E-state index in [-0.39, 0.29) is 23.9 Å². The number of nitrogen functional groups attached to an aromatic ring is 1. The normalized spacial score (nSPS) is 32.5. The number of likely N-dealkylation sites (tertiary alicyclic amines) is 1. The molecule has 4 rings (SSSR count). The van der Waals surface area contributed by atoms with Crippen molar-refractivity contribution in [2.45, 2.75) is 57.1 Å². The largest absolute Gasteiger partial charge is 0.393 e. The van der Waals surface area contributed by atoms with Crippen molar-refractivity contribution in [3.63, 3.8) is 0 Å². The number of nitrogens with two attached hydrogens (primary N) is 1. The van der Waals surface area contributed by atoms with Crippen molar-refractivity contribution in [1.82, 2.24) is 14.9 Å². The smallest absolute Gasteiger partial charge is 0.230 e. The first kappa shape index (κ1) is 17.5. The summed E-state index contributed by atoms with van der Waals surface area (Å²) >= 11 is 0. The maximum atomic E-state index is 13.4. The number of carbonyl (C=O) groups excluding carboxylic acids is 1. The van der Waals surface area contributed by atoms with Crippen LogP contribution in [0, 0.1) is 11.2 Å². The molecule has 3 aliphatic rings. The number of hydrogen-bond donors (Lipinski definition) is 2. The molecule has 1 saturated carbocycles. The van der Waals surface area contributed by atoms with Gasteiger partial charge in [-0.3, -0.25) is 4.79 Å². The molecule has 0 bridgehead atoms. The molecule has 3 fully saturated rings. The van der Waals surface area contributed by atoms with Crippen LogP contribution in [0.5, 0.6) is 0 Å². The van der Waals surface area contributed by atoms with Crippen LogP contribution in [-0.4, -0.2) is 57.7 Å². The second-order valence-electron chi connectivity index (χ2n) is 7.92. The molecule has 8 heteroatoms. The Morgan fingerprint density at radius 2 is 2.00 bits per heavy atom. The van der Waals surface area contributed by atoms with E-state index in [9.17, 15) is 14.3 Å². The van der Waals surface area contributed by atoms with Crippen molar-refractivity contribution in [1.29, 1.82) is 0 Å². The van der Waals surface area contributed by atoms with Crippen LogP contribution in [0.4, 0.5) is 16.2 Å². The SMILES string of the molecule is Nc1nc(N2CCC[C@]3(CCN(C4CCC(O)CC4)C3=O)C2)ncc1F. The van der Waals surface area contributed by atoms with Crippen LogP contribution < -0.4 is 10.6 Å². The molecule has 1 atom stereocenters. The summed E-state index contributed by atoms with van der Waals surface area (Å²) in [6.07, 6.45) is 6.76. The molecule has 1 spiro atoms. The van der Waals surface area contributed by atoms with Crippen molar-refractivity contribution in [2.75, 3.05) is 30.3 Å². The highest BCUT2D eigenvalue weighted by molar-refractivity contribution is 5.86. The average Bonchev–Trinajstić information content (AvgIpc) is 2.94. The number of aliphatic hydroxyl groups excluding tert-OH is 1. The van der Waals surface area contributed by atoms with Gasteiger partial charge in [-0.1, -0.05) is 0 Å². The van der Waals surface area contributed by atoms with E-state index in [2.05, 4.69) is 9.97 Å². The van der Waals surface area contributed by atoms with Gasteiger partial charge in [0.15, 0.2) is 11.6 Å². The van der Waals surface area contributed by atoms with Crippen LogP contribution in [0.15, 0.2) is 6.20 Å². The number of nitrogens with zero attached hydrogens (tertiary/aromatic N) is 4. The summed E-state index contributed by atoms with van der Waals surface area (Å²) in [7, 11) is 0. The minimum atomic E-state index is -0.622. The lowest BCUT2D eigenvalue weighted by atomic mass is 9.78. The lowest BCUT2D eigenvalue weighted by Gasteiger charge is -2.40. The Bertz CT molecular complexity index is 694. The minimum absolute atomic E-state index is 0.158. The van der Waals surface area contributed by atoms with Gasteiger partial charge in [0.2, 0.25) is 11.9 Å². The molecule has 0 unspecified atom stereocenters. The number of rotatable bonds is 2. The molecule has 0 aromatic carbocycles. The molecular weight excluding hydrogens is 337 g/mol. The second-order valence-corrected chi connectivity index (χ2v) is 7.92. The van der Waals surface area contributed by atoms with E-state index in [1.165, 1.54) is 0 Å². The summed E-state index contributed by atoms with van der Waals surface area (Å²) < 4.78 is 13.4. The van der Waals surface area contributed by atoms with Crippen LogP contribution in [0.2, 0.25) is 0 Å². The third-order valence-corrected chi connectivity index (χ3v) is 6.27. The zero-order chi connectivity index (χ0) is 18.3. The first-order valence-corrected chi connectivity index (χ1v) is 9.51. The Morgan fingerprint density at radius 1 is 1.23 bits per heavy atom. The summed E-state index contributed by atoms with van der Waals surface area (Å²) in [5, 5.41) is 9.72. The zero-order valence-corrected chi connectivity index (χ0v) is 14.9. The number of aromatic nitrogens is 2. The van der Waals surface area contributed by atoms with Crippen molar-refractivity contribution < 1.29 is 14.3 Å². The van der Waals surface area contributed by atoms with E-state index in [4.69, 9.17) is 5.73 Å². The maximum absolute atomic E-state index is 13.4. The topological polar surface area (TPSA) is 95.6 Å². The summed E-state index contributed by atoms with van der Waals surface area (Å²) in [5.41, 5.74) is 5.18. The summed E-state index contributed by atoms with van der Waals surface area (Å²) in [6.45, 7) is 2.08. The molecule has 1 aliphatic carbocycles. The predicted molar refractivity (Wildman–Crippen MR) is 94.9 cm³/mol. The van der Waals surface area contributed by atoms with Gasteiger partial charge in [-0.05, 0) is 44.9 Å². The Balaban J connectivity index is 1.49. The molecule has 1 amide bonds. The van der Waals surface area contributed by atoms with Crippen LogP contribution in [-0.2, 0) is 4.79 Å². The van der Waals surface area contributed by atoms with Gasteiger partial charge in [0.25, 0.3) is 0 Å². The Kier molecular flexibility index (Phi) is 4.46. The first-order valence-electron chi connectivity index (χ1n) is 9.51. The van der Waals surface area contributed by atoms with Gasteiger partial charge in [0.05, 0.1) is 17.7 Å². The van der Waals surface area contributed by atoms with E-state index in [0.29, 0.717) is 12.5 Å². The number of aliphatic hydroxyl groups is 1. The fourth-order valence-electron chi connectivity index (χ4n) is 4.77. The molecule has 1 aromatic heterocycles. The monoisotopic (exact) mass is 363 g/mol. The lowest BCUT2D eigenvalue weighted by Crippen LogP contribution is -2.50. The van der Waals surface area contributed by atoms with E-state index >= 15 is 0 Å². The average molecular weight is 363 g/mol. The fourth-order valence-corrected chi connectivity index (χ4v) is 4.77. The van der Waals surface area contributed by atoms with Gasteiger partial charge in [-0.15, -0.1) is 0 Å². The molecule has 3 N–H and O–H groups in total. The molecule has 2 saturated heterocycles. The number of halogens is 1. The van der Waals surface area contributed by atoms with Gasteiger partial charge >= 0.3 is 0 Å². The van der Waals surface area contributed by atoms with Gasteiger partial charge in [0, 0.05) is 25.7 Å². The van der Waals surface area contributed by atoms with Gasteiger partial charge in [-0.25, -0.2) is 9.37 Å². The molecule has 7 nitrogen and oxygen atoms in total. The highest BCUT2D eigenvalue weighted by Gasteiger charge is 2.51. The standard InChI is InChI=1S/C18H26FN5O2/c19-14-10-21-17(22-15(14)20)23-8-1-6-18(11-23)7-9-24(16(18)26)12-2-4-13(25)5-3-12/h10,12-13,25H,1-9,11H2,(H2,20,21,22)/t12?,13?,18-/m0/s1. The Labute approximate surface area is 152 Å². The highest BCUT2D eigenvalue weighted by Crippen LogP contribution is 2.43. The van der Waals surface area contributed by atoms with Crippen LogP contribution >= 0.6 is 0 Å². The van der Waals surface area contributed by atoms with E-state index in [1.807, 2.05) is 9.80 Å². The predicted octanol–water partition coefficient (Wildman–Crippen LogP) is 1.32. The summed E-state index contributed by atoms with van der Waals surface area (Å²) in [4.78, 5) is 25.4. The molecule has 0 radical (unpaired) electrons. The minimum Gasteiger partial charge on any atom is -0.393 e. The first-order chi connectivity index (χ1) is 12.5. The molecule has 142 valence electrons. The van der Waals surface area contributed by atoms with Crippen molar-refractivity contribution >= 4 is 17.7 Å². The van der Waals surface area contributed by atoms with Crippen molar-refractivity contribution in [3.05, 3.63) is 12.0 Å². The second kappa shape index (κ2) is 6.64. The van der Waals surface area contributed by atoms with E-state index in [1.54, 1.807) is 0 Å². The van der Waals surface area contributed by atoms with E-state index in [0.717, 1.165) is 64.2 Å². The van der Waals surface area contributed by atoms with Crippen LogP contribution in [0.3, 0.4) is 0 Å². The molecule has 3 heterocycles. The summed E-state index contributed by atoms with van der Waals surface area (Å²) in [6, 6.07) is 0.248. The van der Waals surface area contributed by atoms with Gasteiger partial charge in [-0.2, -0.15) is 4.98 Å². The molecular formula is C18H26FN5O2. The van der Waals surface area contributed by atoms with E-state index < -0.39 is 11.2 Å². The third kappa shape index (κ3) is 3.00. The molecule has 26 heavy (non-hydrogen) atoms. The number of piperidine rings is 1. The van der Waals surface area contributed by atoms with Gasteiger partial charge in [0.1, 0.15) is 0 Å². The number of carbonyl (C=O) groups is 1. The van der Waals surface area contributed by atoms with Crippen LogP contribution in [0.1, 0.15) is 44.9 Å². The third-order valence-electron chi connectivity index (χ3n) is 6.27. The van der Waals surface area contributed by atoms with Gasteiger partial charge < -0.3 is 20.6 Å². The van der Waals surface area contributed by atoms with Crippen molar-refractivity contribution in [2.24, 2.45) is 5.41 Å². The molecule has 2 aliphatic heterocycles. The highest BCUT2D eigenvalue weighted by atomic mass is 19.1. The van der Waals surface area contributed by atoms with Crippen molar-refractivity contribution in [3.8, 4) is 0 Å². The maximum Gasteiger partial charge on any atom is 0.230 e. The summed E-state index contributed by atoms with van der Waals surface area (Å²) in [5.74, 6) is -0.161. The number of amides is 1. The van der Waals surface area contributed by atoms with Crippen LogP contribution in [0.25, 0.3) is 0 Å².